The minimum Gasteiger partial charge on any atom is -0.463 e. The van der Waals surface area contributed by atoms with E-state index in [0.717, 1.165) is 11.8 Å². The van der Waals surface area contributed by atoms with Crippen LogP contribution in [0.1, 0.15) is 5.56 Å². The lowest BCUT2D eigenvalue weighted by Crippen LogP contribution is -2.31. The van der Waals surface area contributed by atoms with E-state index >= 15 is 0 Å². The van der Waals surface area contributed by atoms with Gasteiger partial charge < -0.3 is 5.11 Å². The first kappa shape index (κ1) is 12.0. The molecule has 0 unspecified atom stereocenters. The Morgan fingerprint density at radius 2 is 1.88 bits per heavy atom. The average Bonchev–Trinajstić information content (AvgIpc) is 2.18. The summed E-state index contributed by atoms with van der Waals surface area (Å²) in [5.74, 6) is 0. The molecule has 0 saturated heterocycles. The van der Waals surface area contributed by atoms with Crippen molar-refractivity contribution in [3.8, 4) is 6.19 Å². The minimum atomic E-state index is -4.29. The molecule has 0 saturated carbocycles. The molecule has 84 valence electrons. The predicted molar refractivity (Wildman–Crippen MR) is 53.8 cm³/mol. The molecule has 0 spiro atoms. The van der Waals surface area contributed by atoms with Gasteiger partial charge in [0.05, 0.1) is 4.90 Å². The van der Waals surface area contributed by atoms with Gasteiger partial charge in [-0.15, -0.1) is 0 Å². The van der Waals surface area contributed by atoms with Gasteiger partial charge in [-0.1, -0.05) is 22.0 Å². The molecule has 7 heteroatoms. The van der Waals surface area contributed by atoms with E-state index in [0.29, 0.717) is 0 Å². The molecule has 1 rings (SSSR count). The summed E-state index contributed by atoms with van der Waals surface area (Å²) in [5.41, 5.74) is 0.831. The van der Waals surface area contributed by atoms with Crippen LogP contribution in [0.5, 0.6) is 0 Å². The minimum absolute atomic E-state index is 0.234. The zero-order valence-corrected chi connectivity index (χ0v) is 9.10. The zero-order chi connectivity index (χ0) is 12.3. The van der Waals surface area contributed by atoms with Gasteiger partial charge in [-0.2, -0.15) is 13.7 Å². The Kier molecular flexibility index (Phi) is 3.15. The van der Waals surface area contributed by atoms with Crippen LogP contribution in [0.3, 0.4) is 0 Å². The van der Waals surface area contributed by atoms with E-state index in [9.17, 15) is 13.2 Å². The molecule has 0 aliphatic carbocycles. The fraction of sp³-hybridized carbons (Fsp3) is 0.111. The number of hydrogen-bond donors (Lipinski definition) is 1. The fourth-order valence-electron chi connectivity index (χ4n) is 1.01. The van der Waals surface area contributed by atoms with Gasteiger partial charge in [-0.05, 0) is 19.1 Å². The smallest absolute Gasteiger partial charge is 0.435 e. The number of sulfonamides is 1. The van der Waals surface area contributed by atoms with Crippen LogP contribution in [0.4, 0.5) is 4.79 Å². The van der Waals surface area contributed by atoms with Gasteiger partial charge in [0.25, 0.3) is 10.0 Å². The topological polar surface area (TPSA) is 98.5 Å². The van der Waals surface area contributed by atoms with Gasteiger partial charge in [0.1, 0.15) is 0 Å². The molecule has 1 aromatic carbocycles. The Morgan fingerprint density at radius 3 is 2.25 bits per heavy atom. The highest BCUT2D eigenvalue weighted by Gasteiger charge is 2.29. The van der Waals surface area contributed by atoms with Crippen LogP contribution in [0.2, 0.25) is 0 Å². The molecule has 1 amide bonds. The molecule has 0 aromatic heterocycles. The summed E-state index contributed by atoms with van der Waals surface area (Å²) in [5, 5.41) is 17.0. The van der Waals surface area contributed by atoms with Crippen molar-refractivity contribution in [2.75, 3.05) is 0 Å². The van der Waals surface area contributed by atoms with Crippen molar-refractivity contribution in [2.45, 2.75) is 11.8 Å². The standard InChI is InChI=1S/C9H8N2O4S/c1-7-2-4-8(5-3-7)16(14,15)11(6-10)9(12)13/h2-5H,1H3,(H,12,13). The van der Waals surface area contributed by atoms with Crippen LogP contribution in [-0.2, 0) is 10.0 Å². The summed E-state index contributed by atoms with van der Waals surface area (Å²) >= 11 is 0. The van der Waals surface area contributed by atoms with E-state index in [1.807, 2.05) is 0 Å². The summed E-state index contributed by atoms with van der Waals surface area (Å²) in [4.78, 5) is 10.3. The van der Waals surface area contributed by atoms with Crippen LogP contribution in [0.25, 0.3) is 0 Å². The van der Waals surface area contributed by atoms with Crippen LogP contribution in [0.15, 0.2) is 29.2 Å². The predicted octanol–water partition coefficient (Wildman–Crippen LogP) is 1.14. The quantitative estimate of drug-likeness (QED) is 0.617. The van der Waals surface area contributed by atoms with Crippen molar-refractivity contribution in [3.05, 3.63) is 29.8 Å². The van der Waals surface area contributed by atoms with Gasteiger partial charge in [0, 0.05) is 0 Å². The fourth-order valence-corrected chi connectivity index (χ4v) is 2.02. The number of nitriles is 1. The van der Waals surface area contributed by atoms with Crippen molar-refractivity contribution in [3.63, 3.8) is 0 Å². The third kappa shape index (κ3) is 2.12. The van der Waals surface area contributed by atoms with Crippen molar-refractivity contribution >= 4 is 16.1 Å². The van der Waals surface area contributed by atoms with Crippen molar-refractivity contribution < 1.29 is 18.3 Å². The second-order valence-corrected chi connectivity index (χ2v) is 4.75. The second-order valence-electron chi connectivity index (χ2n) is 2.97. The Labute approximate surface area is 92.4 Å². The molecule has 0 aliphatic heterocycles. The molecule has 0 fully saturated rings. The summed E-state index contributed by atoms with van der Waals surface area (Å²) in [7, 11) is -4.29. The molecule has 0 bridgehead atoms. The second kappa shape index (κ2) is 4.20. The van der Waals surface area contributed by atoms with Gasteiger partial charge >= 0.3 is 6.09 Å². The number of nitrogens with zero attached hydrogens (tertiary/aromatic N) is 2. The summed E-state index contributed by atoms with van der Waals surface area (Å²) in [6.07, 6.45) is -0.730. The lowest BCUT2D eigenvalue weighted by molar-refractivity contribution is 0.183. The highest BCUT2D eigenvalue weighted by atomic mass is 32.2. The maximum absolute atomic E-state index is 11.6. The van der Waals surface area contributed by atoms with Crippen LogP contribution in [-0.4, -0.2) is 23.9 Å². The molecule has 0 heterocycles. The molecule has 6 nitrogen and oxygen atoms in total. The SMILES string of the molecule is Cc1ccc(S(=O)(=O)N(C#N)C(=O)O)cc1. The van der Waals surface area contributed by atoms with Crippen molar-refractivity contribution in [1.29, 1.82) is 5.26 Å². The van der Waals surface area contributed by atoms with Crippen molar-refractivity contribution in [2.24, 2.45) is 0 Å². The number of amides is 1. The molecule has 1 aromatic rings. The number of carboxylic acid groups (broad SMARTS) is 1. The van der Waals surface area contributed by atoms with E-state index in [1.165, 1.54) is 24.3 Å². The summed E-state index contributed by atoms with van der Waals surface area (Å²) in [6.45, 7) is 1.76. The molecule has 1 N–H and O–H groups in total. The third-order valence-electron chi connectivity index (χ3n) is 1.82. The van der Waals surface area contributed by atoms with Crippen LogP contribution < -0.4 is 0 Å². The van der Waals surface area contributed by atoms with E-state index < -0.39 is 16.1 Å². The maximum Gasteiger partial charge on any atom is 0.435 e. The first-order valence-electron chi connectivity index (χ1n) is 4.14. The number of aryl methyl sites for hydroxylation is 1. The van der Waals surface area contributed by atoms with Gasteiger partial charge in [0.2, 0.25) is 6.19 Å². The number of hydrogen-bond acceptors (Lipinski definition) is 4. The largest absolute Gasteiger partial charge is 0.463 e. The lowest BCUT2D eigenvalue weighted by Gasteiger charge is -2.10. The molecular formula is C9H8N2O4S. The Hall–Kier alpha value is -2.07. The monoisotopic (exact) mass is 240 g/mol. The molecule has 16 heavy (non-hydrogen) atoms. The van der Waals surface area contributed by atoms with E-state index in [1.54, 1.807) is 6.92 Å². The normalized spacial score (nSPS) is 10.5. The molecule has 0 radical (unpaired) electrons. The number of benzene rings is 1. The zero-order valence-electron chi connectivity index (χ0n) is 8.28. The van der Waals surface area contributed by atoms with E-state index in [4.69, 9.17) is 10.4 Å². The molecule has 0 aliphatic rings. The highest BCUT2D eigenvalue weighted by Crippen LogP contribution is 2.15. The average molecular weight is 240 g/mol. The number of carbonyl (C=O) groups is 1. The summed E-state index contributed by atoms with van der Waals surface area (Å²) in [6, 6.07) is 5.53. The van der Waals surface area contributed by atoms with Crippen molar-refractivity contribution in [1.82, 2.24) is 4.31 Å². The third-order valence-corrected chi connectivity index (χ3v) is 3.41. The van der Waals surface area contributed by atoms with Gasteiger partial charge in [-0.3, -0.25) is 0 Å². The van der Waals surface area contributed by atoms with Gasteiger partial charge in [-0.25, -0.2) is 4.79 Å². The highest BCUT2D eigenvalue weighted by molar-refractivity contribution is 7.89. The number of rotatable bonds is 2. The molecule has 0 atom stereocenters. The van der Waals surface area contributed by atoms with E-state index in [2.05, 4.69) is 0 Å². The lowest BCUT2D eigenvalue weighted by atomic mass is 10.2. The van der Waals surface area contributed by atoms with Crippen LogP contribution >= 0.6 is 0 Å². The summed E-state index contributed by atoms with van der Waals surface area (Å²) < 4.78 is 23.0. The Morgan fingerprint density at radius 1 is 1.38 bits per heavy atom. The Balaban J connectivity index is 3.27. The first-order valence-corrected chi connectivity index (χ1v) is 5.58. The first-order chi connectivity index (χ1) is 7.39. The van der Waals surface area contributed by atoms with E-state index in [-0.39, 0.29) is 9.20 Å². The maximum atomic E-state index is 11.6. The van der Waals surface area contributed by atoms with Gasteiger partial charge in [0.15, 0.2) is 0 Å². The van der Waals surface area contributed by atoms with Crippen LogP contribution in [0, 0.1) is 18.4 Å². The Bertz CT molecular complexity index is 542. The molecular weight excluding hydrogens is 232 g/mol.